The average molecular weight is 259 g/mol. The smallest absolute Gasteiger partial charge is 0.0618 e. The molecule has 2 rings (SSSR count). The number of benzene rings is 2. The molecule has 0 bridgehead atoms. The third-order valence-corrected chi connectivity index (χ3v) is 3.17. The normalized spacial score (nSPS) is 11.6. The molecular formula is C16H15ClO. The van der Waals surface area contributed by atoms with Crippen molar-refractivity contribution in [2.75, 3.05) is 6.61 Å². The fourth-order valence-corrected chi connectivity index (χ4v) is 1.95. The molecule has 2 heteroatoms. The van der Waals surface area contributed by atoms with E-state index in [0.717, 1.165) is 27.3 Å². The van der Waals surface area contributed by atoms with Crippen molar-refractivity contribution in [2.45, 2.75) is 6.92 Å². The van der Waals surface area contributed by atoms with Crippen LogP contribution in [-0.2, 0) is 0 Å². The van der Waals surface area contributed by atoms with Gasteiger partial charge in [0, 0.05) is 5.02 Å². The van der Waals surface area contributed by atoms with Crippen molar-refractivity contribution in [3.63, 3.8) is 0 Å². The zero-order valence-corrected chi connectivity index (χ0v) is 11.0. The summed E-state index contributed by atoms with van der Waals surface area (Å²) >= 11 is 5.87. The number of halogens is 1. The fourth-order valence-electron chi connectivity index (χ4n) is 1.82. The van der Waals surface area contributed by atoms with E-state index in [-0.39, 0.29) is 6.61 Å². The predicted octanol–water partition coefficient (Wildman–Crippen LogP) is 4.40. The molecular weight excluding hydrogens is 244 g/mol. The van der Waals surface area contributed by atoms with Crippen LogP contribution in [0.1, 0.15) is 12.5 Å². The lowest BCUT2D eigenvalue weighted by Crippen LogP contribution is -1.83. The number of hydrogen-bond acceptors (Lipinski definition) is 1. The lowest BCUT2D eigenvalue weighted by molar-refractivity contribution is 0.343. The van der Waals surface area contributed by atoms with Crippen LogP contribution in [0.15, 0.2) is 54.6 Å². The maximum atomic E-state index is 8.87. The Kier molecular flexibility index (Phi) is 4.19. The van der Waals surface area contributed by atoms with Crippen molar-refractivity contribution < 1.29 is 5.11 Å². The number of allylic oxidation sites excluding steroid dienone is 1. The minimum absolute atomic E-state index is 0.0742. The van der Waals surface area contributed by atoms with Gasteiger partial charge in [0.05, 0.1) is 6.61 Å². The minimum Gasteiger partial charge on any atom is -0.392 e. The van der Waals surface area contributed by atoms with Gasteiger partial charge in [-0.1, -0.05) is 54.1 Å². The second-order valence-corrected chi connectivity index (χ2v) is 4.59. The molecule has 1 nitrogen and oxygen atoms in total. The Hall–Kier alpha value is -1.57. The van der Waals surface area contributed by atoms with Crippen LogP contribution in [0, 0.1) is 0 Å². The Morgan fingerprint density at radius 2 is 1.50 bits per heavy atom. The van der Waals surface area contributed by atoms with Gasteiger partial charge in [0.2, 0.25) is 0 Å². The molecule has 0 saturated carbocycles. The van der Waals surface area contributed by atoms with Gasteiger partial charge in [0.1, 0.15) is 0 Å². The van der Waals surface area contributed by atoms with Crippen LogP contribution in [0.4, 0.5) is 0 Å². The van der Waals surface area contributed by atoms with Crippen LogP contribution in [-0.4, -0.2) is 11.7 Å². The second kappa shape index (κ2) is 5.85. The highest BCUT2D eigenvalue weighted by molar-refractivity contribution is 6.30. The van der Waals surface area contributed by atoms with E-state index < -0.39 is 0 Å². The largest absolute Gasteiger partial charge is 0.392 e. The Morgan fingerprint density at radius 3 is 2.00 bits per heavy atom. The highest BCUT2D eigenvalue weighted by atomic mass is 35.5. The van der Waals surface area contributed by atoms with Gasteiger partial charge in [-0.05, 0) is 41.3 Å². The number of aliphatic hydroxyl groups is 1. The van der Waals surface area contributed by atoms with E-state index >= 15 is 0 Å². The number of rotatable bonds is 3. The molecule has 92 valence electrons. The first-order valence-corrected chi connectivity index (χ1v) is 6.22. The third kappa shape index (κ3) is 3.00. The maximum absolute atomic E-state index is 8.87. The molecule has 0 aromatic heterocycles. The summed E-state index contributed by atoms with van der Waals surface area (Å²) in [4.78, 5) is 0. The average Bonchev–Trinajstić information content (AvgIpc) is 2.40. The van der Waals surface area contributed by atoms with Crippen molar-refractivity contribution in [3.8, 4) is 11.1 Å². The molecule has 0 fully saturated rings. The lowest BCUT2D eigenvalue weighted by Gasteiger charge is -2.05. The third-order valence-electron chi connectivity index (χ3n) is 2.92. The van der Waals surface area contributed by atoms with Gasteiger partial charge < -0.3 is 5.11 Å². The van der Waals surface area contributed by atoms with E-state index in [9.17, 15) is 0 Å². The molecule has 0 unspecified atom stereocenters. The first-order chi connectivity index (χ1) is 8.70. The van der Waals surface area contributed by atoms with Crippen LogP contribution in [0.5, 0.6) is 0 Å². The summed E-state index contributed by atoms with van der Waals surface area (Å²) in [6.07, 6.45) is 1.80. The summed E-state index contributed by atoms with van der Waals surface area (Å²) in [5.74, 6) is 0. The maximum Gasteiger partial charge on any atom is 0.0618 e. The van der Waals surface area contributed by atoms with Gasteiger partial charge in [0.15, 0.2) is 0 Å². The SMILES string of the molecule is C/C(=C\CO)c1ccc(-c2ccc(Cl)cc2)cc1. The van der Waals surface area contributed by atoms with E-state index in [1.165, 1.54) is 0 Å². The van der Waals surface area contributed by atoms with E-state index in [1.54, 1.807) is 6.08 Å². The highest BCUT2D eigenvalue weighted by Gasteiger charge is 1.99. The topological polar surface area (TPSA) is 20.2 Å². The predicted molar refractivity (Wildman–Crippen MR) is 77.6 cm³/mol. The number of aliphatic hydroxyl groups excluding tert-OH is 1. The molecule has 0 radical (unpaired) electrons. The molecule has 2 aromatic rings. The first kappa shape index (κ1) is 12.9. The van der Waals surface area contributed by atoms with Gasteiger partial charge in [-0.25, -0.2) is 0 Å². The zero-order valence-electron chi connectivity index (χ0n) is 10.2. The van der Waals surface area contributed by atoms with Crippen LogP contribution in [0.3, 0.4) is 0 Å². The molecule has 0 aliphatic heterocycles. The second-order valence-electron chi connectivity index (χ2n) is 4.15. The van der Waals surface area contributed by atoms with Crippen LogP contribution >= 0.6 is 11.6 Å². The monoisotopic (exact) mass is 258 g/mol. The highest BCUT2D eigenvalue weighted by Crippen LogP contribution is 2.23. The Morgan fingerprint density at radius 1 is 1.00 bits per heavy atom. The Bertz CT molecular complexity index is 538. The fraction of sp³-hybridized carbons (Fsp3) is 0.125. The zero-order chi connectivity index (χ0) is 13.0. The van der Waals surface area contributed by atoms with Crippen molar-refractivity contribution in [1.29, 1.82) is 0 Å². The number of hydrogen-bond donors (Lipinski definition) is 1. The molecule has 0 aliphatic carbocycles. The van der Waals surface area contributed by atoms with Crippen molar-refractivity contribution in [1.82, 2.24) is 0 Å². The van der Waals surface area contributed by atoms with E-state index in [4.69, 9.17) is 16.7 Å². The summed E-state index contributed by atoms with van der Waals surface area (Å²) in [7, 11) is 0. The van der Waals surface area contributed by atoms with Crippen molar-refractivity contribution in [2.24, 2.45) is 0 Å². The summed E-state index contributed by atoms with van der Waals surface area (Å²) in [6, 6.07) is 16.1. The summed E-state index contributed by atoms with van der Waals surface area (Å²) in [5.41, 5.74) is 4.52. The molecule has 0 aliphatic rings. The minimum atomic E-state index is 0.0742. The van der Waals surface area contributed by atoms with E-state index in [2.05, 4.69) is 24.3 Å². The molecule has 0 spiro atoms. The van der Waals surface area contributed by atoms with Gasteiger partial charge in [-0.2, -0.15) is 0 Å². The standard InChI is InChI=1S/C16H15ClO/c1-12(10-11-18)13-2-4-14(5-3-13)15-6-8-16(17)9-7-15/h2-10,18H,11H2,1H3/b12-10+. The van der Waals surface area contributed by atoms with Crippen LogP contribution in [0.25, 0.3) is 16.7 Å². The quantitative estimate of drug-likeness (QED) is 0.865. The molecule has 2 aromatic carbocycles. The molecule has 1 N–H and O–H groups in total. The Labute approximate surface area is 112 Å². The van der Waals surface area contributed by atoms with Gasteiger partial charge in [-0.15, -0.1) is 0 Å². The molecule has 0 amide bonds. The summed E-state index contributed by atoms with van der Waals surface area (Å²) < 4.78 is 0. The Balaban J connectivity index is 2.27. The van der Waals surface area contributed by atoms with E-state index in [1.807, 2.05) is 31.2 Å². The van der Waals surface area contributed by atoms with Crippen molar-refractivity contribution >= 4 is 17.2 Å². The van der Waals surface area contributed by atoms with Crippen molar-refractivity contribution in [3.05, 3.63) is 65.2 Å². The van der Waals surface area contributed by atoms with Crippen LogP contribution < -0.4 is 0 Å². The van der Waals surface area contributed by atoms with E-state index in [0.29, 0.717) is 0 Å². The van der Waals surface area contributed by atoms with Gasteiger partial charge >= 0.3 is 0 Å². The van der Waals surface area contributed by atoms with Crippen LogP contribution in [0.2, 0.25) is 5.02 Å². The molecule has 0 saturated heterocycles. The summed E-state index contributed by atoms with van der Waals surface area (Å²) in [6.45, 7) is 2.07. The molecule has 18 heavy (non-hydrogen) atoms. The molecule has 0 heterocycles. The summed E-state index contributed by atoms with van der Waals surface area (Å²) in [5, 5.41) is 9.61. The molecule has 0 atom stereocenters. The lowest BCUT2D eigenvalue weighted by atomic mass is 10.0. The van der Waals surface area contributed by atoms with Gasteiger partial charge in [0.25, 0.3) is 0 Å². The first-order valence-electron chi connectivity index (χ1n) is 5.84. The van der Waals surface area contributed by atoms with Gasteiger partial charge in [-0.3, -0.25) is 0 Å².